The van der Waals surface area contributed by atoms with Gasteiger partial charge in [0.25, 0.3) is 11.1 Å². The summed E-state index contributed by atoms with van der Waals surface area (Å²) >= 11 is 4.35. The van der Waals surface area contributed by atoms with Crippen LogP contribution < -0.4 is 10.1 Å². The zero-order chi connectivity index (χ0) is 18.5. The monoisotopic (exact) mass is 434 g/mol. The summed E-state index contributed by atoms with van der Waals surface area (Å²) in [7, 11) is 0. The molecule has 0 bridgehead atoms. The Balaban J connectivity index is 1.50. The van der Waals surface area contributed by atoms with E-state index in [1.54, 1.807) is 36.4 Å². The Morgan fingerprint density at radius 2 is 1.81 bits per heavy atom. The second-order valence-corrected chi connectivity index (χ2v) is 7.36. The first-order valence-electron chi connectivity index (χ1n) is 7.75. The number of nitrogens with one attached hydrogen (secondary N) is 1. The summed E-state index contributed by atoms with van der Waals surface area (Å²) in [6.07, 6.45) is 0. The largest absolute Gasteiger partial charge is 0.484 e. The number of nitrogens with zero attached hydrogens (tertiary/aromatic N) is 1. The molecular formula is C18H15BrN2O4S. The fraction of sp³-hybridized carbons (Fsp3) is 0.167. The van der Waals surface area contributed by atoms with Crippen LogP contribution in [-0.4, -0.2) is 34.3 Å². The number of imide groups is 1. The molecule has 1 heterocycles. The van der Waals surface area contributed by atoms with Crippen LogP contribution in [0, 0.1) is 0 Å². The first-order chi connectivity index (χ1) is 12.5. The predicted molar refractivity (Wildman–Crippen MR) is 103 cm³/mol. The van der Waals surface area contributed by atoms with Gasteiger partial charge in [0.2, 0.25) is 5.91 Å². The lowest BCUT2D eigenvalue weighted by molar-refractivity contribution is -0.125. The Kier molecular flexibility index (Phi) is 5.95. The predicted octanol–water partition coefficient (Wildman–Crippen LogP) is 3.66. The molecule has 3 amide bonds. The van der Waals surface area contributed by atoms with Crippen LogP contribution in [0.4, 0.5) is 10.5 Å². The minimum absolute atomic E-state index is 0.0998. The smallest absolute Gasteiger partial charge is 0.289 e. The van der Waals surface area contributed by atoms with Gasteiger partial charge in [-0.05, 0) is 42.0 Å². The molecule has 2 aromatic rings. The number of halogens is 1. The van der Waals surface area contributed by atoms with E-state index in [4.69, 9.17) is 4.74 Å². The molecule has 134 valence electrons. The maximum atomic E-state index is 12.0. The van der Waals surface area contributed by atoms with E-state index in [2.05, 4.69) is 21.2 Å². The maximum absolute atomic E-state index is 12.0. The average molecular weight is 435 g/mol. The summed E-state index contributed by atoms with van der Waals surface area (Å²) in [4.78, 5) is 36.4. The number of carbonyl (C=O) groups excluding carboxylic acids is 3. The van der Waals surface area contributed by atoms with Gasteiger partial charge in [-0.3, -0.25) is 19.3 Å². The quantitative estimate of drug-likeness (QED) is 0.750. The molecule has 0 atom stereocenters. The Morgan fingerprint density at radius 1 is 1.12 bits per heavy atom. The summed E-state index contributed by atoms with van der Waals surface area (Å²) in [5, 5.41) is 2.51. The van der Waals surface area contributed by atoms with Crippen LogP contribution in [0.1, 0.15) is 5.56 Å². The average Bonchev–Trinajstić information content (AvgIpc) is 2.95. The third-order valence-corrected chi connectivity index (χ3v) is 4.99. The van der Waals surface area contributed by atoms with Crippen LogP contribution in [-0.2, 0) is 16.1 Å². The van der Waals surface area contributed by atoms with Gasteiger partial charge >= 0.3 is 0 Å². The molecule has 0 aliphatic carbocycles. The lowest BCUT2D eigenvalue weighted by atomic mass is 10.2. The molecule has 1 aliphatic heterocycles. The highest BCUT2D eigenvalue weighted by Gasteiger charge is 2.29. The van der Waals surface area contributed by atoms with E-state index in [0.29, 0.717) is 11.4 Å². The Hall–Kier alpha value is -2.32. The van der Waals surface area contributed by atoms with E-state index >= 15 is 0 Å². The molecular weight excluding hydrogens is 420 g/mol. The van der Waals surface area contributed by atoms with E-state index in [1.807, 2.05) is 12.1 Å². The van der Waals surface area contributed by atoms with Gasteiger partial charge in [-0.1, -0.05) is 39.8 Å². The lowest BCUT2D eigenvalue weighted by Gasteiger charge is -2.13. The van der Waals surface area contributed by atoms with Crippen LogP contribution in [0.15, 0.2) is 53.0 Å². The molecule has 0 spiro atoms. The van der Waals surface area contributed by atoms with Gasteiger partial charge in [0, 0.05) is 10.2 Å². The molecule has 0 aromatic heterocycles. The van der Waals surface area contributed by atoms with Gasteiger partial charge in [-0.2, -0.15) is 0 Å². The van der Waals surface area contributed by atoms with Crippen molar-refractivity contribution in [3.63, 3.8) is 0 Å². The van der Waals surface area contributed by atoms with Gasteiger partial charge in [0.05, 0.1) is 12.3 Å². The van der Waals surface area contributed by atoms with Crippen molar-refractivity contribution in [2.75, 3.05) is 17.7 Å². The fourth-order valence-corrected chi connectivity index (χ4v) is 3.28. The molecule has 1 N–H and O–H groups in total. The minimum Gasteiger partial charge on any atom is -0.484 e. The van der Waals surface area contributed by atoms with Gasteiger partial charge < -0.3 is 10.1 Å². The number of rotatable bonds is 6. The number of ether oxygens (including phenoxy) is 1. The summed E-state index contributed by atoms with van der Waals surface area (Å²) in [5.41, 5.74) is 1.44. The van der Waals surface area contributed by atoms with Crippen molar-refractivity contribution in [3.05, 3.63) is 58.6 Å². The van der Waals surface area contributed by atoms with Gasteiger partial charge in [-0.25, -0.2) is 0 Å². The number of benzene rings is 2. The summed E-state index contributed by atoms with van der Waals surface area (Å²) in [6.45, 7) is 0.142. The zero-order valence-electron chi connectivity index (χ0n) is 13.6. The van der Waals surface area contributed by atoms with Crippen LogP contribution in [0.5, 0.6) is 5.75 Å². The molecule has 1 aliphatic rings. The zero-order valence-corrected chi connectivity index (χ0v) is 16.0. The molecule has 1 saturated heterocycles. The van der Waals surface area contributed by atoms with Gasteiger partial charge in [-0.15, -0.1) is 0 Å². The summed E-state index contributed by atoms with van der Waals surface area (Å²) in [5.74, 6) is 0.353. The number of anilines is 1. The summed E-state index contributed by atoms with van der Waals surface area (Å²) < 4.78 is 6.35. The molecule has 0 saturated carbocycles. The Morgan fingerprint density at radius 3 is 2.42 bits per heavy atom. The minimum atomic E-state index is -0.276. The number of hydrogen-bond acceptors (Lipinski definition) is 5. The highest BCUT2D eigenvalue weighted by Crippen LogP contribution is 2.22. The molecule has 2 aromatic carbocycles. The van der Waals surface area contributed by atoms with E-state index in [0.717, 1.165) is 21.8 Å². The second-order valence-electron chi connectivity index (χ2n) is 5.52. The topological polar surface area (TPSA) is 75.7 Å². The second kappa shape index (κ2) is 8.37. The van der Waals surface area contributed by atoms with Crippen LogP contribution in [0.25, 0.3) is 0 Å². The van der Waals surface area contributed by atoms with Gasteiger partial charge in [0.1, 0.15) is 5.75 Å². The van der Waals surface area contributed by atoms with Crippen molar-refractivity contribution >= 4 is 50.4 Å². The molecule has 0 radical (unpaired) electrons. The van der Waals surface area contributed by atoms with Crippen molar-refractivity contribution in [1.29, 1.82) is 0 Å². The van der Waals surface area contributed by atoms with Crippen molar-refractivity contribution in [3.8, 4) is 5.75 Å². The van der Waals surface area contributed by atoms with E-state index in [9.17, 15) is 14.4 Å². The highest BCUT2D eigenvalue weighted by atomic mass is 79.9. The highest BCUT2D eigenvalue weighted by molar-refractivity contribution is 9.10. The van der Waals surface area contributed by atoms with Crippen LogP contribution in [0.3, 0.4) is 0 Å². The van der Waals surface area contributed by atoms with Crippen molar-refractivity contribution in [2.24, 2.45) is 0 Å². The number of hydrogen-bond donors (Lipinski definition) is 1. The molecule has 0 unspecified atom stereocenters. The van der Waals surface area contributed by atoms with Crippen LogP contribution >= 0.6 is 27.7 Å². The molecule has 6 nitrogen and oxygen atoms in total. The van der Waals surface area contributed by atoms with Crippen LogP contribution in [0.2, 0.25) is 0 Å². The summed E-state index contributed by atoms with van der Waals surface area (Å²) in [6, 6.07) is 14.2. The molecule has 26 heavy (non-hydrogen) atoms. The standard InChI is InChI=1S/C18H15BrN2O4S/c19-13-3-7-15(8-4-13)25-10-16(22)20-14-5-1-12(2-6-14)9-21-17(23)11-26-18(21)24/h1-8H,9-11H2,(H,20,22). The first kappa shape index (κ1) is 18.5. The van der Waals surface area contributed by atoms with E-state index < -0.39 is 0 Å². The molecule has 3 rings (SSSR count). The van der Waals surface area contributed by atoms with E-state index in [1.165, 1.54) is 4.90 Å². The van der Waals surface area contributed by atoms with Gasteiger partial charge in [0.15, 0.2) is 6.61 Å². The molecule has 1 fully saturated rings. The van der Waals surface area contributed by atoms with Crippen molar-refractivity contribution < 1.29 is 19.1 Å². The van der Waals surface area contributed by atoms with Crippen molar-refractivity contribution in [1.82, 2.24) is 4.90 Å². The number of amides is 3. The normalized spacial score (nSPS) is 13.8. The lowest BCUT2D eigenvalue weighted by Crippen LogP contribution is -2.27. The first-order valence-corrected chi connectivity index (χ1v) is 9.53. The third-order valence-electron chi connectivity index (χ3n) is 3.60. The van der Waals surface area contributed by atoms with Crippen molar-refractivity contribution in [2.45, 2.75) is 6.54 Å². The Bertz CT molecular complexity index is 808. The fourth-order valence-electron chi connectivity index (χ4n) is 2.29. The number of thioether (sulfide) groups is 1. The van der Waals surface area contributed by atoms with E-state index in [-0.39, 0.29) is 36.0 Å². The molecule has 8 heteroatoms. The SMILES string of the molecule is O=C(COc1ccc(Br)cc1)Nc1ccc(CN2C(=O)CSC2=O)cc1. The number of carbonyl (C=O) groups is 3. The third kappa shape index (κ3) is 4.86. The Labute approximate surface area is 163 Å². The maximum Gasteiger partial charge on any atom is 0.289 e.